The van der Waals surface area contributed by atoms with E-state index in [9.17, 15) is 0 Å². The number of nitrogens with zero attached hydrogens (tertiary/aromatic N) is 1. The van der Waals surface area contributed by atoms with Crippen molar-refractivity contribution in [2.75, 3.05) is 19.6 Å². The molecular formula is C17H21NO. The van der Waals surface area contributed by atoms with Crippen LogP contribution in [0.4, 0.5) is 0 Å². The van der Waals surface area contributed by atoms with Gasteiger partial charge in [-0.15, -0.1) is 0 Å². The third-order valence-electron chi connectivity index (χ3n) is 4.65. The zero-order valence-corrected chi connectivity index (χ0v) is 11.3. The molecule has 0 spiro atoms. The molecule has 2 heteroatoms. The van der Waals surface area contributed by atoms with Crippen LogP contribution in [0.1, 0.15) is 37.4 Å². The number of furan rings is 1. The van der Waals surface area contributed by atoms with Gasteiger partial charge in [0.25, 0.3) is 0 Å². The number of likely N-dealkylation sites (tertiary alicyclic amines) is 1. The smallest absolute Gasteiger partial charge is 0.134 e. The molecule has 2 heterocycles. The summed E-state index contributed by atoms with van der Waals surface area (Å²) in [6, 6.07) is 10.6. The summed E-state index contributed by atoms with van der Waals surface area (Å²) in [6.07, 6.45) is 5.44. The van der Waals surface area contributed by atoms with E-state index in [4.69, 9.17) is 4.42 Å². The topological polar surface area (TPSA) is 16.4 Å². The molecule has 1 aliphatic heterocycles. The molecule has 0 radical (unpaired) electrons. The quantitative estimate of drug-likeness (QED) is 0.823. The van der Waals surface area contributed by atoms with Gasteiger partial charge < -0.3 is 9.32 Å². The molecule has 0 bridgehead atoms. The zero-order chi connectivity index (χ0) is 12.7. The normalized spacial score (nSPS) is 22.1. The minimum atomic E-state index is 0.628. The summed E-state index contributed by atoms with van der Waals surface area (Å²) < 4.78 is 6.02. The summed E-state index contributed by atoms with van der Waals surface area (Å²) in [5, 5.41) is 1.25. The largest absolute Gasteiger partial charge is 0.461 e. The Bertz CT molecular complexity index is 528. The molecule has 1 saturated carbocycles. The Morgan fingerprint density at radius 3 is 2.58 bits per heavy atom. The fourth-order valence-electron chi connectivity index (χ4n) is 3.27. The van der Waals surface area contributed by atoms with Crippen LogP contribution in [-0.2, 0) is 0 Å². The van der Waals surface area contributed by atoms with E-state index < -0.39 is 0 Å². The Labute approximate surface area is 114 Å². The molecule has 4 rings (SSSR count). The number of fused-ring (bicyclic) bond motifs is 1. The lowest BCUT2D eigenvalue weighted by Crippen LogP contribution is -2.34. The molecule has 1 saturated heterocycles. The summed E-state index contributed by atoms with van der Waals surface area (Å²) in [6.45, 7) is 3.84. The van der Waals surface area contributed by atoms with Crippen molar-refractivity contribution in [1.82, 2.24) is 4.90 Å². The van der Waals surface area contributed by atoms with Gasteiger partial charge in [0.2, 0.25) is 0 Å². The van der Waals surface area contributed by atoms with E-state index in [1.165, 1.54) is 56.5 Å². The Balaban J connectivity index is 1.45. The predicted octanol–water partition coefficient (Wildman–Crippen LogP) is 4.02. The van der Waals surface area contributed by atoms with E-state index in [1.807, 2.05) is 6.07 Å². The van der Waals surface area contributed by atoms with Crippen LogP contribution in [0.5, 0.6) is 0 Å². The van der Waals surface area contributed by atoms with Gasteiger partial charge in [-0.3, -0.25) is 0 Å². The van der Waals surface area contributed by atoms with Crippen molar-refractivity contribution >= 4 is 11.0 Å². The van der Waals surface area contributed by atoms with Crippen molar-refractivity contribution in [3.8, 4) is 0 Å². The van der Waals surface area contributed by atoms with Gasteiger partial charge in [-0.25, -0.2) is 0 Å². The highest BCUT2D eigenvalue weighted by atomic mass is 16.3. The van der Waals surface area contributed by atoms with E-state index in [0.717, 1.165) is 11.5 Å². The van der Waals surface area contributed by atoms with E-state index in [0.29, 0.717) is 5.92 Å². The second-order valence-electron chi connectivity index (χ2n) is 6.20. The van der Waals surface area contributed by atoms with Crippen LogP contribution in [0.25, 0.3) is 11.0 Å². The lowest BCUT2D eigenvalue weighted by molar-refractivity contribution is 0.196. The lowest BCUT2D eigenvalue weighted by Gasteiger charge is -2.30. The Kier molecular flexibility index (Phi) is 2.84. The molecule has 100 valence electrons. The van der Waals surface area contributed by atoms with E-state index >= 15 is 0 Å². The molecule has 1 aliphatic carbocycles. The Morgan fingerprint density at radius 2 is 1.84 bits per heavy atom. The molecule has 2 nitrogen and oxygen atoms in total. The number of hydrogen-bond acceptors (Lipinski definition) is 2. The van der Waals surface area contributed by atoms with Crippen LogP contribution in [-0.4, -0.2) is 24.5 Å². The van der Waals surface area contributed by atoms with Crippen LogP contribution < -0.4 is 0 Å². The van der Waals surface area contributed by atoms with Crippen molar-refractivity contribution in [2.45, 2.75) is 31.6 Å². The third kappa shape index (κ3) is 2.42. The van der Waals surface area contributed by atoms with Crippen molar-refractivity contribution in [1.29, 1.82) is 0 Å². The maximum atomic E-state index is 6.02. The molecular weight excluding hydrogens is 234 g/mol. The van der Waals surface area contributed by atoms with Crippen LogP contribution >= 0.6 is 0 Å². The van der Waals surface area contributed by atoms with Gasteiger partial charge in [-0.05, 0) is 56.8 Å². The third-order valence-corrected chi connectivity index (χ3v) is 4.65. The minimum Gasteiger partial charge on any atom is -0.461 e. The summed E-state index contributed by atoms with van der Waals surface area (Å²) in [5.41, 5.74) is 1.04. The summed E-state index contributed by atoms with van der Waals surface area (Å²) in [5.74, 6) is 2.85. The molecule has 1 aromatic heterocycles. The maximum absolute atomic E-state index is 6.02. The van der Waals surface area contributed by atoms with Crippen LogP contribution in [0.15, 0.2) is 34.7 Å². The van der Waals surface area contributed by atoms with Crippen molar-refractivity contribution in [2.24, 2.45) is 5.92 Å². The summed E-state index contributed by atoms with van der Waals surface area (Å²) in [7, 11) is 0. The summed E-state index contributed by atoms with van der Waals surface area (Å²) in [4.78, 5) is 2.65. The number of hydrogen-bond donors (Lipinski definition) is 0. The van der Waals surface area contributed by atoms with Gasteiger partial charge in [-0.1, -0.05) is 18.2 Å². The molecule has 2 fully saturated rings. The van der Waals surface area contributed by atoms with Crippen molar-refractivity contribution < 1.29 is 4.42 Å². The second-order valence-corrected chi connectivity index (χ2v) is 6.20. The first-order valence-electron chi connectivity index (χ1n) is 7.59. The van der Waals surface area contributed by atoms with Crippen molar-refractivity contribution in [3.63, 3.8) is 0 Å². The Hall–Kier alpha value is -1.28. The zero-order valence-electron chi connectivity index (χ0n) is 11.3. The molecule has 19 heavy (non-hydrogen) atoms. The first-order chi connectivity index (χ1) is 9.38. The van der Waals surface area contributed by atoms with Gasteiger partial charge in [0.1, 0.15) is 11.3 Å². The molecule has 0 atom stereocenters. The average molecular weight is 255 g/mol. The lowest BCUT2D eigenvalue weighted by atomic mass is 9.94. The molecule has 2 aliphatic rings. The fraction of sp³-hybridized carbons (Fsp3) is 0.529. The van der Waals surface area contributed by atoms with Gasteiger partial charge in [0.05, 0.1) is 0 Å². The molecule has 0 amide bonds. The molecule has 0 unspecified atom stereocenters. The predicted molar refractivity (Wildman–Crippen MR) is 77.4 cm³/mol. The molecule has 0 N–H and O–H groups in total. The van der Waals surface area contributed by atoms with E-state index in [1.54, 1.807) is 0 Å². The standard InChI is InChI=1S/C17H21NO/c1-2-4-16-15(3-1)11-17(19-16)14-7-9-18(10-8-14)12-13-5-6-13/h1-4,11,13-14H,5-10,12H2. The van der Waals surface area contributed by atoms with Crippen LogP contribution in [0, 0.1) is 5.92 Å². The highest BCUT2D eigenvalue weighted by molar-refractivity contribution is 5.77. The Morgan fingerprint density at radius 1 is 1.05 bits per heavy atom. The van der Waals surface area contributed by atoms with Crippen LogP contribution in [0.3, 0.4) is 0 Å². The number of rotatable bonds is 3. The highest BCUT2D eigenvalue weighted by Crippen LogP contribution is 2.35. The number of benzene rings is 1. The van der Waals surface area contributed by atoms with E-state index in [2.05, 4.69) is 29.2 Å². The first kappa shape index (κ1) is 11.5. The minimum absolute atomic E-state index is 0.628. The van der Waals surface area contributed by atoms with Gasteiger partial charge in [0, 0.05) is 17.8 Å². The monoisotopic (exact) mass is 255 g/mol. The molecule has 1 aromatic carbocycles. The number of piperidine rings is 1. The highest BCUT2D eigenvalue weighted by Gasteiger charge is 2.28. The average Bonchev–Trinajstić information content (AvgIpc) is 3.15. The second kappa shape index (κ2) is 4.68. The number of para-hydroxylation sites is 1. The first-order valence-corrected chi connectivity index (χ1v) is 7.59. The van der Waals surface area contributed by atoms with Gasteiger partial charge in [0.15, 0.2) is 0 Å². The van der Waals surface area contributed by atoms with Crippen LogP contribution in [0.2, 0.25) is 0 Å². The van der Waals surface area contributed by atoms with E-state index in [-0.39, 0.29) is 0 Å². The van der Waals surface area contributed by atoms with Gasteiger partial charge in [-0.2, -0.15) is 0 Å². The molecule has 2 aromatic rings. The summed E-state index contributed by atoms with van der Waals surface area (Å²) >= 11 is 0. The maximum Gasteiger partial charge on any atom is 0.134 e. The van der Waals surface area contributed by atoms with Gasteiger partial charge >= 0.3 is 0 Å². The SMILES string of the molecule is c1ccc2oc(C3CCN(CC4CC4)CC3)cc2c1. The fourth-order valence-corrected chi connectivity index (χ4v) is 3.27. The van der Waals surface area contributed by atoms with Crippen molar-refractivity contribution in [3.05, 3.63) is 36.1 Å².